The maximum atomic E-state index is 11.0. The van der Waals surface area contributed by atoms with Crippen LogP contribution in [0.25, 0.3) is 0 Å². The molecule has 0 aliphatic carbocycles. The van der Waals surface area contributed by atoms with Gasteiger partial charge in [-0.3, -0.25) is 4.79 Å². The van der Waals surface area contributed by atoms with Crippen LogP contribution < -0.4 is 0 Å². The van der Waals surface area contributed by atoms with Crippen LogP contribution in [0.3, 0.4) is 0 Å². The van der Waals surface area contributed by atoms with E-state index in [2.05, 4.69) is 5.16 Å². The molecule has 4 heteroatoms. The second-order valence-corrected chi connectivity index (χ2v) is 3.99. The number of hydrogen-bond donors (Lipinski definition) is 0. The molecule has 0 aromatic heterocycles. The van der Waals surface area contributed by atoms with Crippen molar-refractivity contribution < 1.29 is 14.4 Å². The third kappa shape index (κ3) is 3.36. The summed E-state index contributed by atoms with van der Waals surface area (Å²) in [6.07, 6.45) is 1.83. The van der Waals surface area contributed by atoms with Gasteiger partial charge in [0.05, 0.1) is 18.7 Å². The molecule has 0 spiro atoms. The van der Waals surface area contributed by atoms with Gasteiger partial charge in [0.25, 0.3) is 0 Å². The molecule has 0 unspecified atom stereocenters. The summed E-state index contributed by atoms with van der Waals surface area (Å²) < 4.78 is 4.82. The van der Waals surface area contributed by atoms with Crippen molar-refractivity contribution >= 4 is 11.7 Å². The van der Waals surface area contributed by atoms with Crippen molar-refractivity contribution in [2.24, 2.45) is 5.16 Å². The summed E-state index contributed by atoms with van der Waals surface area (Å²) in [5.41, 5.74) is 0.743. The Morgan fingerprint density at radius 1 is 1.64 bits per heavy atom. The van der Waals surface area contributed by atoms with Crippen LogP contribution >= 0.6 is 0 Å². The molecule has 80 valence electrons. The Balaban J connectivity index is 2.24. The molecule has 0 saturated heterocycles. The molecule has 0 radical (unpaired) electrons. The summed E-state index contributed by atoms with van der Waals surface area (Å²) in [5, 5.41) is 3.93. The van der Waals surface area contributed by atoms with Gasteiger partial charge in [0.1, 0.15) is 5.60 Å². The highest BCUT2D eigenvalue weighted by atomic mass is 16.7. The zero-order valence-electron chi connectivity index (χ0n) is 9.00. The van der Waals surface area contributed by atoms with Crippen LogP contribution in [0.4, 0.5) is 0 Å². The molecular formula is C10H17NO3. The number of rotatable bonds is 4. The topological polar surface area (TPSA) is 47.9 Å². The van der Waals surface area contributed by atoms with E-state index in [0.29, 0.717) is 19.4 Å². The minimum Gasteiger partial charge on any atom is -0.466 e. The molecule has 0 aromatic carbocycles. The summed E-state index contributed by atoms with van der Waals surface area (Å²) >= 11 is 0. The van der Waals surface area contributed by atoms with Crippen LogP contribution in [0.2, 0.25) is 0 Å². The second kappa shape index (κ2) is 4.44. The van der Waals surface area contributed by atoms with Crippen LogP contribution in [-0.4, -0.2) is 23.9 Å². The van der Waals surface area contributed by atoms with E-state index in [-0.39, 0.29) is 11.6 Å². The first-order valence-corrected chi connectivity index (χ1v) is 4.93. The Morgan fingerprint density at radius 3 is 2.86 bits per heavy atom. The largest absolute Gasteiger partial charge is 0.466 e. The average Bonchev–Trinajstić information content (AvgIpc) is 2.43. The third-order valence-corrected chi connectivity index (χ3v) is 1.97. The third-order valence-electron chi connectivity index (χ3n) is 1.97. The SMILES string of the molecule is CCOC(=O)CCC1=NOC(C)(C)C1. The molecule has 0 saturated carbocycles. The maximum Gasteiger partial charge on any atom is 0.306 e. The molecule has 4 nitrogen and oxygen atoms in total. The zero-order chi connectivity index (χ0) is 10.6. The zero-order valence-corrected chi connectivity index (χ0v) is 9.00. The fourth-order valence-corrected chi connectivity index (χ4v) is 1.36. The fraction of sp³-hybridized carbons (Fsp3) is 0.800. The Kier molecular flexibility index (Phi) is 3.49. The Hall–Kier alpha value is -1.06. The first kappa shape index (κ1) is 11.0. The Morgan fingerprint density at radius 2 is 2.36 bits per heavy atom. The number of carbonyl (C=O) groups excluding carboxylic acids is 1. The average molecular weight is 199 g/mol. The van der Waals surface area contributed by atoms with Crippen molar-refractivity contribution in [2.75, 3.05) is 6.61 Å². The van der Waals surface area contributed by atoms with Crippen molar-refractivity contribution in [3.63, 3.8) is 0 Å². The minimum absolute atomic E-state index is 0.167. The lowest BCUT2D eigenvalue weighted by Crippen LogP contribution is -2.19. The van der Waals surface area contributed by atoms with Crippen LogP contribution in [-0.2, 0) is 14.4 Å². The quantitative estimate of drug-likeness (QED) is 0.649. The monoisotopic (exact) mass is 199 g/mol. The van der Waals surface area contributed by atoms with Gasteiger partial charge >= 0.3 is 5.97 Å². The van der Waals surface area contributed by atoms with Gasteiger partial charge in [-0.1, -0.05) is 5.16 Å². The van der Waals surface area contributed by atoms with Crippen LogP contribution in [0, 0.1) is 0 Å². The van der Waals surface area contributed by atoms with E-state index in [1.807, 2.05) is 13.8 Å². The highest BCUT2D eigenvalue weighted by molar-refractivity contribution is 5.88. The summed E-state index contributed by atoms with van der Waals surface area (Å²) in [4.78, 5) is 16.2. The molecule has 14 heavy (non-hydrogen) atoms. The van der Waals surface area contributed by atoms with Gasteiger partial charge in [-0.25, -0.2) is 0 Å². The fourth-order valence-electron chi connectivity index (χ4n) is 1.36. The van der Waals surface area contributed by atoms with Gasteiger partial charge in [0.15, 0.2) is 0 Å². The Bertz CT molecular complexity index is 246. The number of oxime groups is 1. The molecular weight excluding hydrogens is 182 g/mol. The van der Waals surface area contributed by atoms with Gasteiger partial charge in [-0.2, -0.15) is 0 Å². The highest BCUT2D eigenvalue weighted by Crippen LogP contribution is 2.24. The molecule has 0 fully saturated rings. The molecule has 0 atom stereocenters. The highest BCUT2D eigenvalue weighted by Gasteiger charge is 2.28. The molecule has 1 rings (SSSR count). The van der Waals surface area contributed by atoms with E-state index in [1.54, 1.807) is 6.92 Å². The first-order valence-electron chi connectivity index (χ1n) is 4.93. The summed E-state index contributed by atoms with van der Waals surface area (Å²) in [5.74, 6) is -0.167. The van der Waals surface area contributed by atoms with E-state index in [4.69, 9.17) is 9.57 Å². The van der Waals surface area contributed by atoms with Crippen molar-refractivity contribution in [3.05, 3.63) is 0 Å². The summed E-state index contributed by atoms with van der Waals surface area (Å²) in [6.45, 7) is 6.20. The van der Waals surface area contributed by atoms with Gasteiger partial charge < -0.3 is 9.57 Å². The van der Waals surface area contributed by atoms with E-state index in [9.17, 15) is 4.79 Å². The van der Waals surface area contributed by atoms with Crippen LogP contribution in [0.5, 0.6) is 0 Å². The normalized spacial score (nSPS) is 18.6. The van der Waals surface area contributed by atoms with E-state index >= 15 is 0 Å². The number of esters is 1. The van der Waals surface area contributed by atoms with Crippen LogP contribution in [0.15, 0.2) is 5.16 Å². The van der Waals surface area contributed by atoms with Gasteiger partial charge in [0, 0.05) is 6.42 Å². The summed E-state index contributed by atoms with van der Waals surface area (Å²) in [6, 6.07) is 0. The molecule has 1 heterocycles. The lowest BCUT2D eigenvalue weighted by molar-refractivity contribution is -0.142. The molecule has 0 aromatic rings. The number of nitrogens with zero attached hydrogens (tertiary/aromatic N) is 1. The lowest BCUT2D eigenvalue weighted by Gasteiger charge is -2.13. The maximum absolute atomic E-state index is 11.0. The second-order valence-electron chi connectivity index (χ2n) is 3.99. The molecule has 1 aliphatic rings. The van der Waals surface area contributed by atoms with E-state index in [0.717, 1.165) is 12.1 Å². The lowest BCUT2D eigenvalue weighted by atomic mass is 10.00. The number of hydrogen-bond acceptors (Lipinski definition) is 4. The first-order chi connectivity index (χ1) is 6.53. The molecule has 0 amide bonds. The number of carbonyl (C=O) groups is 1. The van der Waals surface area contributed by atoms with Crippen molar-refractivity contribution in [3.8, 4) is 0 Å². The van der Waals surface area contributed by atoms with Gasteiger partial charge in [-0.05, 0) is 27.2 Å². The van der Waals surface area contributed by atoms with E-state index < -0.39 is 0 Å². The Labute approximate surface area is 84.3 Å². The van der Waals surface area contributed by atoms with Crippen molar-refractivity contribution in [1.82, 2.24) is 0 Å². The minimum atomic E-state index is -0.204. The predicted molar refractivity (Wildman–Crippen MR) is 53.1 cm³/mol. The smallest absolute Gasteiger partial charge is 0.306 e. The van der Waals surface area contributed by atoms with E-state index in [1.165, 1.54) is 0 Å². The van der Waals surface area contributed by atoms with Gasteiger partial charge in [0.2, 0.25) is 0 Å². The van der Waals surface area contributed by atoms with Gasteiger partial charge in [-0.15, -0.1) is 0 Å². The van der Waals surface area contributed by atoms with Crippen molar-refractivity contribution in [1.29, 1.82) is 0 Å². The number of ether oxygens (including phenoxy) is 1. The van der Waals surface area contributed by atoms with Crippen molar-refractivity contribution in [2.45, 2.75) is 45.6 Å². The predicted octanol–water partition coefficient (Wildman–Crippen LogP) is 1.88. The molecule has 0 N–H and O–H groups in total. The standard InChI is InChI=1S/C10H17NO3/c1-4-13-9(12)6-5-8-7-10(2,3)14-11-8/h4-7H2,1-3H3. The molecule has 1 aliphatic heterocycles. The summed E-state index contributed by atoms with van der Waals surface area (Å²) in [7, 11) is 0. The molecule has 0 bridgehead atoms. The van der Waals surface area contributed by atoms with Crippen LogP contribution in [0.1, 0.15) is 40.0 Å².